The maximum absolute atomic E-state index is 14.0. The zero-order valence-electron chi connectivity index (χ0n) is 23.7. The number of nitrogens with two attached hydrogens (primary N) is 1. The van der Waals surface area contributed by atoms with Crippen LogP contribution in [0.1, 0.15) is 30.7 Å². The van der Waals surface area contributed by atoms with Crippen LogP contribution in [0.2, 0.25) is 0 Å². The number of aromatic amines is 1. The summed E-state index contributed by atoms with van der Waals surface area (Å²) in [6, 6.07) is 10.2. The number of H-pyrrole nitrogens is 1. The van der Waals surface area contributed by atoms with Gasteiger partial charge in [-0.15, -0.1) is 0 Å². The number of carbonyl (C=O) groups excluding carboxylic acids is 3. The first-order valence-corrected chi connectivity index (χ1v) is 14.8. The summed E-state index contributed by atoms with van der Waals surface area (Å²) < 4.78 is 14.3. The Kier molecular flexibility index (Phi) is 7.71. The first-order valence-electron chi connectivity index (χ1n) is 14.0. The van der Waals surface area contributed by atoms with E-state index in [1.54, 1.807) is 33.1 Å². The molecule has 43 heavy (non-hydrogen) atoms. The van der Waals surface area contributed by atoms with E-state index in [1.165, 1.54) is 34.8 Å². The minimum Gasteiger partial charge on any atom is -0.375 e. The highest BCUT2D eigenvalue weighted by Crippen LogP contribution is 2.32. The minimum atomic E-state index is -0.798. The number of hydrogen-bond donors (Lipinski definition) is 3. The van der Waals surface area contributed by atoms with Gasteiger partial charge in [-0.25, -0.2) is 19.2 Å². The van der Waals surface area contributed by atoms with E-state index in [2.05, 4.69) is 20.3 Å². The molecule has 2 aliphatic heterocycles. The number of rotatable bonds is 8. The van der Waals surface area contributed by atoms with Gasteiger partial charge in [-0.1, -0.05) is 35.6 Å². The first kappa shape index (κ1) is 28.6. The number of nitrogens with one attached hydrogen (secondary N) is 2. The number of para-hydroxylation sites is 1. The van der Waals surface area contributed by atoms with Crippen molar-refractivity contribution in [1.82, 2.24) is 40.1 Å². The molecule has 14 heteroatoms. The Labute approximate surface area is 251 Å². The lowest BCUT2D eigenvalue weighted by Crippen LogP contribution is -2.66. The first-order chi connectivity index (χ1) is 20.7. The number of nitrogen functional groups attached to an aromatic ring is 1. The van der Waals surface area contributed by atoms with Crippen molar-refractivity contribution in [3.05, 3.63) is 77.6 Å². The Morgan fingerprint density at radius 2 is 2.02 bits per heavy atom. The van der Waals surface area contributed by atoms with Crippen LogP contribution in [0.5, 0.6) is 0 Å². The highest BCUT2D eigenvalue weighted by atomic mass is 32.1. The molecule has 0 aliphatic carbocycles. The molecule has 224 valence electrons. The topological polar surface area (TPSA) is 144 Å². The fourth-order valence-electron chi connectivity index (χ4n) is 5.83. The second kappa shape index (κ2) is 11.6. The summed E-state index contributed by atoms with van der Waals surface area (Å²) >= 11 is 1.38. The van der Waals surface area contributed by atoms with E-state index in [-0.39, 0.29) is 56.3 Å². The average Bonchev–Trinajstić information content (AvgIpc) is 3.70. The Morgan fingerprint density at radius 3 is 2.74 bits per heavy atom. The highest BCUT2D eigenvalue weighted by molar-refractivity contribution is 7.22. The van der Waals surface area contributed by atoms with Crippen molar-refractivity contribution in [2.45, 2.75) is 51.6 Å². The standard InChI is InChI=1S/C29H32FN9O3S/c1-17(2)39(29(42)33-11-18-6-8-20(30)9-7-18)37-15-25(40)38-22(10-21-12-32-16-34-21)27(41)36(14-24(37)38)13-19-4-3-5-23-26(19)35-28(31)43-23/h3-9,12,16-17,22,24H,10-11,13-15H2,1-2H3,(H2,31,35)(H,32,34)(H,33,42)/t22-,24+/m0/s1. The molecule has 12 nitrogen and oxygen atoms in total. The van der Waals surface area contributed by atoms with E-state index < -0.39 is 18.2 Å². The predicted octanol–water partition coefficient (Wildman–Crippen LogP) is 2.70. The van der Waals surface area contributed by atoms with E-state index >= 15 is 0 Å². The summed E-state index contributed by atoms with van der Waals surface area (Å²) in [6.45, 7) is 4.31. The number of piperazine rings is 1. The van der Waals surface area contributed by atoms with Gasteiger partial charge < -0.3 is 25.8 Å². The van der Waals surface area contributed by atoms with E-state index in [4.69, 9.17) is 5.73 Å². The van der Waals surface area contributed by atoms with Crippen molar-refractivity contribution < 1.29 is 18.8 Å². The number of fused-ring (bicyclic) bond motifs is 2. The lowest BCUT2D eigenvalue weighted by atomic mass is 10.0. The maximum atomic E-state index is 14.0. The lowest BCUT2D eigenvalue weighted by molar-refractivity contribution is -0.158. The Morgan fingerprint density at radius 1 is 1.23 bits per heavy atom. The normalized spacial score (nSPS) is 19.0. The molecule has 2 atom stereocenters. The van der Waals surface area contributed by atoms with Crippen LogP contribution < -0.4 is 11.1 Å². The third-order valence-electron chi connectivity index (χ3n) is 7.75. The number of aromatic nitrogens is 3. The largest absolute Gasteiger partial charge is 0.375 e. The highest BCUT2D eigenvalue weighted by Gasteiger charge is 2.52. The predicted molar refractivity (Wildman–Crippen MR) is 158 cm³/mol. The van der Waals surface area contributed by atoms with Crippen LogP contribution in [0.3, 0.4) is 0 Å². The molecule has 0 radical (unpaired) electrons. The zero-order valence-corrected chi connectivity index (χ0v) is 24.6. The number of urea groups is 1. The van der Waals surface area contributed by atoms with Gasteiger partial charge in [0.2, 0.25) is 11.8 Å². The molecule has 4 amide bonds. The molecular formula is C29H32FN9O3S. The SMILES string of the molecule is CC(C)N(C(=O)NCc1ccc(F)cc1)N1CC(=O)N2[C@@H](Cc3cnc[nH]3)C(=O)N(Cc3cccc4sc(N)nc34)C[C@@H]21. The number of hydrogen-bond acceptors (Lipinski definition) is 8. The van der Waals surface area contributed by atoms with Gasteiger partial charge in [-0.05, 0) is 43.2 Å². The van der Waals surface area contributed by atoms with Crippen molar-refractivity contribution in [2.75, 3.05) is 18.8 Å². The number of imidazole rings is 1. The Hall–Kier alpha value is -4.56. The number of thiazole rings is 1. The average molecular weight is 606 g/mol. The number of carbonyl (C=O) groups is 3. The maximum Gasteiger partial charge on any atom is 0.332 e. The summed E-state index contributed by atoms with van der Waals surface area (Å²) in [5.74, 6) is -0.794. The van der Waals surface area contributed by atoms with E-state index in [0.29, 0.717) is 5.13 Å². The number of hydrazine groups is 1. The van der Waals surface area contributed by atoms with Gasteiger partial charge in [0.05, 0.1) is 29.6 Å². The smallest absolute Gasteiger partial charge is 0.332 e. The van der Waals surface area contributed by atoms with Crippen LogP contribution in [-0.2, 0) is 29.1 Å². The van der Waals surface area contributed by atoms with Crippen LogP contribution in [0, 0.1) is 5.82 Å². The van der Waals surface area contributed by atoms with Gasteiger partial charge in [0, 0.05) is 37.4 Å². The van der Waals surface area contributed by atoms with Crippen molar-refractivity contribution >= 4 is 44.5 Å². The van der Waals surface area contributed by atoms with Crippen LogP contribution in [0.25, 0.3) is 10.2 Å². The summed E-state index contributed by atoms with van der Waals surface area (Å²) in [5.41, 5.74) is 9.04. The Bertz CT molecular complexity index is 1640. The minimum absolute atomic E-state index is 0.0639. The van der Waals surface area contributed by atoms with Crippen molar-refractivity contribution in [3.63, 3.8) is 0 Å². The molecule has 0 saturated carbocycles. The second-order valence-corrected chi connectivity index (χ2v) is 12.0. The molecule has 0 spiro atoms. The Balaban J connectivity index is 1.30. The number of nitrogens with zero attached hydrogens (tertiary/aromatic N) is 6. The van der Waals surface area contributed by atoms with Gasteiger partial charge in [0.15, 0.2) is 5.13 Å². The van der Waals surface area contributed by atoms with Gasteiger partial charge in [-0.3, -0.25) is 14.6 Å². The fourth-order valence-corrected chi connectivity index (χ4v) is 6.62. The number of halogens is 1. The van der Waals surface area contributed by atoms with Crippen molar-refractivity contribution in [3.8, 4) is 0 Å². The summed E-state index contributed by atoms with van der Waals surface area (Å²) in [7, 11) is 0. The van der Waals surface area contributed by atoms with Crippen LogP contribution in [-0.4, -0.2) is 84.0 Å². The third-order valence-corrected chi connectivity index (χ3v) is 8.60. The molecule has 4 aromatic rings. The van der Waals surface area contributed by atoms with Crippen molar-refractivity contribution in [2.24, 2.45) is 0 Å². The van der Waals surface area contributed by atoms with Crippen molar-refractivity contribution in [1.29, 1.82) is 0 Å². The van der Waals surface area contributed by atoms with Crippen LogP contribution in [0.4, 0.5) is 14.3 Å². The van der Waals surface area contributed by atoms with Gasteiger partial charge in [-0.2, -0.15) is 5.01 Å². The molecule has 4 heterocycles. The summed E-state index contributed by atoms with van der Waals surface area (Å²) in [5, 5.41) is 6.62. The molecule has 2 aromatic heterocycles. The molecule has 2 aromatic carbocycles. The van der Waals surface area contributed by atoms with Crippen LogP contribution >= 0.6 is 11.3 Å². The molecule has 2 saturated heterocycles. The second-order valence-electron chi connectivity index (χ2n) is 10.9. The van der Waals surface area contributed by atoms with Gasteiger partial charge in [0.1, 0.15) is 18.0 Å². The summed E-state index contributed by atoms with van der Waals surface area (Å²) in [6.07, 6.45) is 2.84. The third kappa shape index (κ3) is 5.62. The number of anilines is 1. The molecular weight excluding hydrogens is 573 g/mol. The molecule has 0 bridgehead atoms. The molecule has 2 fully saturated rings. The molecule has 4 N–H and O–H groups in total. The monoisotopic (exact) mass is 605 g/mol. The van der Waals surface area contributed by atoms with Gasteiger partial charge in [0.25, 0.3) is 0 Å². The van der Waals surface area contributed by atoms with E-state index in [0.717, 1.165) is 27.0 Å². The van der Waals surface area contributed by atoms with E-state index in [9.17, 15) is 18.8 Å². The molecule has 0 unspecified atom stereocenters. The fraction of sp³-hybridized carbons (Fsp3) is 0.345. The van der Waals surface area contributed by atoms with Crippen LogP contribution in [0.15, 0.2) is 55.0 Å². The zero-order chi connectivity index (χ0) is 30.2. The molecule has 6 rings (SSSR count). The summed E-state index contributed by atoms with van der Waals surface area (Å²) in [4.78, 5) is 56.1. The number of amides is 4. The van der Waals surface area contributed by atoms with Gasteiger partial charge >= 0.3 is 6.03 Å². The van der Waals surface area contributed by atoms with E-state index in [1.807, 2.05) is 32.0 Å². The lowest BCUT2D eigenvalue weighted by Gasteiger charge is -2.47. The molecule has 2 aliphatic rings. The number of benzene rings is 2. The quantitative estimate of drug-likeness (QED) is 0.280.